The molecular formula is C55H51P3Pd+2. The molecular weight excluding hydrogens is 860 g/mol. The van der Waals surface area contributed by atoms with Gasteiger partial charge in [0, 0.05) is 20.4 Å². The van der Waals surface area contributed by atoms with Crippen molar-refractivity contribution in [3.63, 3.8) is 0 Å². The Kier molecular flexibility index (Phi) is 18.9. The maximum Gasteiger partial charge on any atom is 0.102 e. The van der Waals surface area contributed by atoms with Crippen LogP contribution in [0.5, 0.6) is 0 Å². The molecule has 0 aliphatic rings. The molecule has 0 nitrogen and oxygen atoms in total. The number of hydrogen-bond acceptors (Lipinski definition) is 0. The number of rotatable bonds is 9. The van der Waals surface area contributed by atoms with E-state index in [0.717, 1.165) is 0 Å². The van der Waals surface area contributed by atoms with Gasteiger partial charge in [0.25, 0.3) is 0 Å². The summed E-state index contributed by atoms with van der Waals surface area (Å²) in [6.07, 6.45) is 0. The molecule has 0 aliphatic carbocycles. The molecule has 0 amide bonds. The van der Waals surface area contributed by atoms with Gasteiger partial charge in [0.15, 0.2) is 0 Å². The van der Waals surface area contributed by atoms with Crippen molar-refractivity contribution < 1.29 is 20.4 Å². The van der Waals surface area contributed by atoms with Crippen molar-refractivity contribution in [1.29, 1.82) is 0 Å². The predicted molar refractivity (Wildman–Crippen MR) is 266 cm³/mol. The second-order valence-corrected chi connectivity index (χ2v) is 20.9. The van der Waals surface area contributed by atoms with E-state index in [0.29, 0.717) is 0 Å². The maximum atomic E-state index is 2.24. The molecule has 0 heterocycles. The van der Waals surface area contributed by atoms with E-state index in [-0.39, 0.29) is 27.8 Å². The first kappa shape index (κ1) is 45.0. The van der Waals surface area contributed by atoms with E-state index in [1.807, 2.05) is 0 Å². The Morgan fingerprint density at radius 2 is 0.237 bits per heavy atom. The van der Waals surface area contributed by atoms with Gasteiger partial charge in [-0.1, -0.05) is 164 Å². The number of benzene rings is 9. The molecule has 0 aliphatic heterocycles. The third-order valence-corrected chi connectivity index (χ3v) is 17.8. The van der Waals surface area contributed by atoms with Crippen molar-refractivity contribution in [2.24, 2.45) is 0 Å². The first-order valence-corrected chi connectivity index (χ1v) is 23.9. The molecule has 0 unspecified atom stereocenters. The maximum absolute atomic E-state index is 2.24. The monoisotopic (exact) mass is 910 g/mol. The molecule has 0 aromatic heterocycles. The molecule has 0 spiro atoms. The average molecular weight is 911 g/mol. The van der Waals surface area contributed by atoms with Crippen LogP contribution < -0.4 is 47.7 Å². The molecule has 4 heteroatoms. The molecule has 9 rings (SSSR count). The fourth-order valence-corrected chi connectivity index (χ4v) is 14.7. The molecule has 0 fully saturated rings. The third-order valence-electron chi connectivity index (χ3n) is 9.56. The molecule has 9 aromatic rings. The largest absolute Gasteiger partial charge is 0.358 e. The molecule has 59 heavy (non-hydrogen) atoms. The minimum Gasteiger partial charge on any atom is -0.358 e. The van der Waals surface area contributed by atoms with Crippen LogP contribution in [0.2, 0.25) is 0 Å². The van der Waals surface area contributed by atoms with Crippen LogP contribution in [0.25, 0.3) is 0 Å². The van der Waals surface area contributed by atoms with E-state index in [1.165, 1.54) is 47.7 Å². The molecule has 294 valence electrons. The van der Waals surface area contributed by atoms with Gasteiger partial charge in [0.2, 0.25) is 0 Å². The van der Waals surface area contributed by atoms with Gasteiger partial charge in [-0.15, -0.1) is 0 Å². The first-order valence-electron chi connectivity index (χ1n) is 19.4. The van der Waals surface area contributed by atoms with Crippen LogP contribution in [0.3, 0.4) is 0 Å². The standard InChI is InChI=1S/3C18H15P.CH3.Pd/c3*1-4-10-16(11-5-1)19(17-12-6-2-7-13-17)18-14-8-3-9-15-18;;/h3*1-15H;1H3;/q;;;-1;/p+3. The van der Waals surface area contributed by atoms with Gasteiger partial charge in [-0.05, 0) is 109 Å². The van der Waals surface area contributed by atoms with Crippen molar-refractivity contribution in [2.45, 2.75) is 0 Å². The topological polar surface area (TPSA) is 0 Å². The quantitative estimate of drug-likeness (QED) is 0.0769. The van der Waals surface area contributed by atoms with Crippen molar-refractivity contribution in [1.82, 2.24) is 0 Å². The van der Waals surface area contributed by atoms with Gasteiger partial charge in [0.05, 0.1) is 23.8 Å². The van der Waals surface area contributed by atoms with E-state index in [2.05, 4.69) is 273 Å². The van der Waals surface area contributed by atoms with E-state index >= 15 is 0 Å². The van der Waals surface area contributed by atoms with Crippen LogP contribution in [0.15, 0.2) is 273 Å². The molecule has 0 N–H and O–H groups in total. The zero-order valence-electron chi connectivity index (χ0n) is 33.3. The Labute approximate surface area is 370 Å². The molecule has 9 aromatic carbocycles. The second kappa shape index (κ2) is 24.8. The molecule has 0 saturated carbocycles. The summed E-state index contributed by atoms with van der Waals surface area (Å²) in [5, 5.41) is 12.9. The minimum atomic E-state index is -0.877. The zero-order valence-corrected chi connectivity index (χ0v) is 37.9. The summed E-state index contributed by atoms with van der Waals surface area (Å²) >= 11 is 0. The summed E-state index contributed by atoms with van der Waals surface area (Å²) in [5.41, 5.74) is 0. The van der Waals surface area contributed by atoms with Gasteiger partial charge in [-0.2, -0.15) is 0 Å². The average Bonchev–Trinajstić information content (AvgIpc) is 3.30. The summed E-state index contributed by atoms with van der Waals surface area (Å²) < 4.78 is 0. The summed E-state index contributed by atoms with van der Waals surface area (Å²) in [6, 6.07) is 97.5. The Hall–Kier alpha value is -5.07. The summed E-state index contributed by atoms with van der Waals surface area (Å²) in [5.74, 6) is 0. The summed E-state index contributed by atoms with van der Waals surface area (Å²) in [4.78, 5) is 0. The van der Waals surface area contributed by atoms with Gasteiger partial charge >= 0.3 is 0 Å². The van der Waals surface area contributed by atoms with Crippen LogP contribution in [-0.4, -0.2) is 0 Å². The van der Waals surface area contributed by atoms with Crippen molar-refractivity contribution in [3.8, 4) is 0 Å². The number of hydrogen-bond donors (Lipinski definition) is 0. The third kappa shape index (κ3) is 13.0. The second-order valence-electron chi connectivity index (χ2n) is 13.4. The molecule has 0 saturated heterocycles. The Morgan fingerprint density at radius 3 is 0.322 bits per heavy atom. The van der Waals surface area contributed by atoms with Crippen LogP contribution >= 0.6 is 23.8 Å². The predicted octanol–water partition coefficient (Wildman–Crippen LogP) is 9.98. The van der Waals surface area contributed by atoms with Crippen LogP contribution in [0.4, 0.5) is 0 Å². The van der Waals surface area contributed by atoms with E-state index in [4.69, 9.17) is 0 Å². The molecule has 0 bridgehead atoms. The van der Waals surface area contributed by atoms with Gasteiger partial charge in [0.1, 0.15) is 47.7 Å². The zero-order chi connectivity index (χ0) is 38.7. The SMILES string of the molecule is [CH3-].[Pd].c1ccc([PH+](c2ccccc2)c2ccccc2)cc1.c1ccc([PH+](c2ccccc2)c2ccccc2)cc1.c1ccc([PH+](c2ccccc2)c2ccccc2)cc1. The Morgan fingerprint density at radius 1 is 0.153 bits per heavy atom. The summed E-state index contributed by atoms with van der Waals surface area (Å²) in [7, 11) is -2.63. The molecule has 0 atom stereocenters. The van der Waals surface area contributed by atoms with Gasteiger partial charge in [-0.25, -0.2) is 0 Å². The van der Waals surface area contributed by atoms with E-state index in [9.17, 15) is 0 Å². The normalized spacial score (nSPS) is 10.2. The smallest absolute Gasteiger partial charge is 0.102 e. The Balaban J connectivity index is 0.000000165. The minimum absolute atomic E-state index is 0. The Bertz CT molecular complexity index is 1860. The summed E-state index contributed by atoms with van der Waals surface area (Å²) in [6.45, 7) is 0. The first-order chi connectivity index (χ1) is 28.3. The fourth-order valence-electron chi connectivity index (χ4n) is 6.94. The fraction of sp³-hybridized carbons (Fsp3) is 0. The van der Waals surface area contributed by atoms with Crippen LogP contribution in [-0.2, 0) is 20.4 Å². The van der Waals surface area contributed by atoms with Crippen molar-refractivity contribution in [3.05, 3.63) is 280 Å². The van der Waals surface area contributed by atoms with Crippen molar-refractivity contribution in [2.75, 3.05) is 0 Å². The van der Waals surface area contributed by atoms with Crippen molar-refractivity contribution >= 4 is 71.5 Å². The molecule has 0 radical (unpaired) electrons. The van der Waals surface area contributed by atoms with Gasteiger partial charge < -0.3 is 7.43 Å². The van der Waals surface area contributed by atoms with Gasteiger partial charge in [-0.3, -0.25) is 0 Å². The van der Waals surface area contributed by atoms with E-state index < -0.39 is 23.8 Å². The van der Waals surface area contributed by atoms with Crippen LogP contribution in [0.1, 0.15) is 0 Å². The van der Waals surface area contributed by atoms with E-state index in [1.54, 1.807) is 0 Å². The van der Waals surface area contributed by atoms with Crippen LogP contribution in [0, 0.1) is 7.43 Å².